The first-order chi connectivity index (χ1) is 16.6. The summed E-state index contributed by atoms with van der Waals surface area (Å²) in [6.45, 7) is 3.74. The van der Waals surface area contributed by atoms with Crippen LogP contribution in [0.15, 0.2) is 53.3 Å². The molecule has 3 aromatic rings. The summed E-state index contributed by atoms with van der Waals surface area (Å²) in [6, 6.07) is 15.9. The van der Waals surface area contributed by atoms with Crippen LogP contribution in [-0.2, 0) is 0 Å². The number of anilines is 1. The molecule has 0 amide bonds. The van der Waals surface area contributed by atoms with Gasteiger partial charge >= 0.3 is 0 Å². The first-order valence-corrected chi connectivity index (χ1v) is 12.0. The first-order valence-electron chi connectivity index (χ1n) is 12.0. The van der Waals surface area contributed by atoms with Crippen molar-refractivity contribution in [3.8, 4) is 23.1 Å². The largest absolute Gasteiger partial charge is 0.356 e. The maximum Gasteiger partial charge on any atom is 0.260 e. The van der Waals surface area contributed by atoms with Crippen LogP contribution in [0, 0.1) is 29.0 Å². The van der Waals surface area contributed by atoms with Gasteiger partial charge in [0.05, 0.1) is 11.3 Å². The predicted octanol–water partition coefficient (Wildman–Crippen LogP) is 3.83. The Morgan fingerprint density at radius 3 is 2.56 bits per heavy atom. The number of nitrogens with one attached hydrogen (secondary N) is 1. The molecule has 1 aromatic heterocycles. The monoisotopic (exact) mass is 455 g/mol. The number of nitrogens with zero attached hydrogens (tertiary/aromatic N) is 4. The lowest BCUT2D eigenvalue weighted by molar-refractivity contribution is 0.347. The van der Waals surface area contributed by atoms with Crippen molar-refractivity contribution in [1.29, 1.82) is 5.26 Å². The Morgan fingerprint density at radius 2 is 1.82 bits per heavy atom. The summed E-state index contributed by atoms with van der Waals surface area (Å²) in [4.78, 5) is 20.6. The van der Waals surface area contributed by atoms with Gasteiger partial charge in [-0.15, -0.1) is 0 Å². The van der Waals surface area contributed by atoms with E-state index >= 15 is 0 Å². The van der Waals surface area contributed by atoms with Crippen molar-refractivity contribution in [1.82, 2.24) is 14.9 Å². The Bertz CT molecular complexity index is 1340. The van der Waals surface area contributed by atoms with E-state index in [1.54, 1.807) is 16.7 Å². The highest BCUT2D eigenvalue weighted by Gasteiger charge is 2.33. The van der Waals surface area contributed by atoms with Crippen molar-refractivity contribution in [3.05, 3.63) is 75.8 Å². The van der Waals surface area contributed by atoms with Crippen molar-refractivity contribution in [2.24, 2.45) is 11.8 Å². The van der Waals surface area contributed by atoms with E-state index in [4.69, 9.17) is 10.2 Å². The van der Waals surface area contributed by atoms with E-state index in [1.165, 1.54) is 30.5 Å². The van der Waals surface area contributed by atoms with E-state index in [0.717, 1.165) is 32.6 Å². The van der Waals surface area contributed by atoms with Gasteiger partial charge in [-0.25, -0.2) is 9.37 Å². The van der Waals surface area contributed by atoms with Crippen LogP contribution in [0.2, 0.25) is 0 Å². The maximum atomic E-state index is 14.6. The Kier molecular flexibility index (Phi) is 5.19. The van der Waals surface area contributed by atoms with Gasteiger partial charge in [0.25, 0.3) is 5.56 Å². The molecule has 0 spiro atoms. The van der Waals surface area contributed by atoms with Gasteiger partial charge in [-0.1, -0.05) is 12.1 Å². The molecular weight excluding hydrogens is 429 g/mol. The summed E-state index contributed by atoms with van der Waals surface area (Å²) in [5.41, 5.74) is 2.22. The molecule has 34 heavy (non-hydrogen) atoms. The van der Waals surface area contributed by atoms with E-state index < -0.39 is 5.82 Å². The molecule has 1 N–H and O–H groups in total. The van der Waals surface area contributed by atoms with Crippen molar-refractivity contribution < 1.29 is 4.39 Å². The lowest BCUT2D eigenvalue weighted by atomic mass is 9.89. The summed E-state index contributed by atoms with van der Waals surface area (Å²) in [7, 11) is 0. The minimum Gasteiger partial charge on any atom is -0.356 e. The second-order valence-corrected chi connectivity index (χ2v) is 9.70. The molecule has 7 heteroatoms. The SMILES string of the molecule is N#Cc1ccc(-c2nc(N3CCC4CNCC4C3)cc(=O)n2-c2ccc(C3CC3)cc2)cc1F. The molecule has 0 bridgehead atoms. The zero-order valence-electron chi connectivity index (χ0n) is 18.9. The number of hydrogen-bond acceptors (Lipinski definition) is 5. The van der Waals surface area contributed by atoms with Crippen LogP contribution < -0.4 is 15.8 Å². The average Bonchev–Trinajstić information content (AvgIpc) is 3.60. The Morgan fingerprint density at radius 1 is 1.03 bits per heavy atom. The van der Waals surface area contributed by atoms with E-state index in [0.29, 0.717) is 40.6 Å². The Balaban J connectivity index is 1.45. The lowest BCUT2D eigenvalue weighted by Gasteiger charge is -2.35. The van der Waals surface area contributed by atoms with Gasteiger partial charge in [0.2, 0.25) is 0 Å². The van der Waals surface area contributed by atoms with E-state index in [9.17, 15) is 9.18 Å². The second kappa shape index (κ2) is 8.37. The smallest absolute Gasteiger partial charge is 0.260 e. The summed E-state index contributed by atoms with van der Waals surface area (Å²) < 4.78 is 16.1. The molecule has 2 unspecified atom stereocenters. The summed E-state index contributed by atoms with van der Waals surface area (Å²) in [6.07, 6.45) is 3.48. The fourth-order valence-corrected chi connectivity index (χ4v) is 5.38. The molecule has 1 aliphatic carbocycles. The van der Waals surface area contributed by atoms with Gasteiger partial charge < -0.3 is 10.2 Å². The van der Waals surface area contributed by atoms with Crippen LogP contribution in [0.4, 0.5) is 10.2 Å². The van der Waals surface area contributed by atoms with E-state index in [-0.39, 0.29) is 11.1 Å². The standard InChI is InChI=1S/C27H26FN5O/c28-24-11-19(3-4-20(24)13-29)27-31-25(32-10-9-21-14-30-15-22(21)16-32)12-26(34)33(27)23-7-5-18(6-8-23)17-1-2-17/h3-8,11-12,17,21-22,30H,1-2,9-10,14-16H2. The number of piperidine rings is 1. The highest BCUT2D eigenvalue weighted by molar-refractivity contribution is 5.62. The van der Waals surface area contributed by atoms with Crippen molar-refractivity contribution in [3.63, 3.8) is 0 Å². The van der Waals surface area contributed by atoms with Gasteiger partial charge in [0, 0.05) is 24.7 Å². The number of rotatable bonds is 4. The fourth-order valence-electron chi connectivity index (χ4n) is 5.38. The zero-order chi connectivity index (χ0) is 23.2. The topological polar surface area (TPSA) is 74.0 Å². The molecule has 2 aliphatic heterocycles. The predicted molar refractivity (Wildman–Crippen MR) is 129 cm³/mol. The molecule has 6 nitrogen and oxygen atoms in total. The molecule has 3 fully saturated rings. The highest BCUT2D eigenvalue weighted by Crippen LogP contribution is 2.40. The zero-order valence-corrected chi connectivity index (χ0v) is 18.9. The summed E-state index contributed by atoms with van der Waals surface area (Å²) in [5, 5.41) is 12.6. The van der Waals surface area contributed by atoms with Crippen LogP contribution in [-0.4, -0.2) is 35.7 Å². The molecule has 0 radical (unpaired) electrons. The Hall–Kier alpha value is -3.50. The van der Waals surface area contributed by atoms with Gasteiger partial charge in [-0.05, 0) is 86.0 Å². The minimum atomic E-state index is -0.617. The number of benzene rings is 2. The number of hydrogen-bond donors (Lipinski definition) is 1. The molecule has 1 saturated carbocycles. The molecule has 3 aliphatic rings. The van der Waals surface area contributed by atoms with Gasteiger partial charge in [-0.2, -0.15) is 5.26 Å². The van der Waals surface area contributed by atoms with E-state index in [2.05, 4.69) is 22.3 Å². The van der Waals surface area contributed by atoms with Crippen molar-refractivity contribution in [2.45, 2.75) is 25.2 Å². The number of aromatic nitrogens is 2. The van der Waals surface area contributed by atoms with Gasteiger partial charge in [0.1, 0.15) is 23.5 Å². The van der Waals surface area contributed by atoms with Crippen LogP contribution in [0.25, 0.3) is 17.1 Å². The summed E-state index contributed by atoms with van der Waals surface area (Å²) >= 11 is 0. The number of fused-ring (bicyclic) bond motifs is 1. The van der Waals surface area contributed by atoms with Crippen LogP contribution in [0.5, 0.6) is 0 Å². The Labute approximate surface area is 197 Å². The highest BCUT2D eigenvalue weighted by atomic mass is 19.1. The molecular formula is C27H26FN5O. The third-order valence-electron chi connectivity index (χ3n) is 7.48. The number of nitriles is 1. The number of halogens is 1. The lowest BCUT2D eigenvalue weighted by Crippen LogP contribution is -2.41. The molecule has 2 aromatic carbocycles. The fraction of sp³-hybridized carbons (Fsp3) is 0.370. The third kappa shape index (κ3) is 3.78. The molecule has 2 saturated heterocycles. The van der Waals surface area contributed by atoms with Crippen LogP contribution >= 0.6 is 0 Å². The van der Waals surface area contributed by atoms with Crippen LogP contribution in [0.1, 0.15) is 36.3 Å². The van der Waals surface area contributed by atoms with Crippen LogP contribution in [0.3, 0.4) is 0 Å². The molecule has 3 heterocycles. The minimum absolute atomic E-state index is 0.0293. The quantitative estimate of drug-likeness (QED) is 0.647. The second-order valence-electron chi connectivity index (χ2n) is 9.70. The third-order valence-corrected chi connectivity index (χ3v) is 7.48. The van der Waals surface area contributed by atoms with Gasteiger partial charge in [-0.3, -0.25) is 9.36 Å². The average molecular weight is 456 g/mol. The normalized spacial score (nSPS) is 21.8. The molecule has 6 rings (SSSR count). The van der Waals surface area contributed by atoms with E-state index in [1.807, 2.05) is 18.2 Å². The first kappa shape index (κ1) is 21.1. The molecule has 172 valence electrons. The van der Waals surface area contributed by atoms with Gasteiger partial charge in [0.15, 0.2) is 0 Å². The van der Waals surface area contributed by atoms with Crippen molar-refractivity contribution in [2.75, 3.05) is 31.1 Å². The van der Waals surface area contributed by atoms with Crippen molar-refractivity contribution >= 4 is 5.82 Å². The molecule has 2 atom stereocenters. The maximum absolute atomic E-state index is 14.6. The summed E-state index contributed by atoms with van der Waals surface area (Å²) in [5.74, 6) is 2.23.